The highest BCUT2D eigenvalue weighted by Crippen LogP contribution is 2.19. The summed E-state index contributed by atoms with van der Waals surface area (Å²) < 4.78 is 18.3. The Balaban J connectivity index is 3.16. The molecule has 4 nitrogen and oxygen atoms in total. The Morgan fingerprint density at radius 1 is 1.50 bits per heavy atom. The van der Waals surface area contributed by atoms with Gasteiger partial charge in [-0.3, -0.25) is 4.79 Å². The van der Waals surface area contributed by atoms with Gasteiger partial charge in [0.15, 0.2) is 0 Å². The van der Waals surface area contributed by atoms with E-state index in [4.69, 9.17) is 5.11 Å². The molecule has 1 rings (SSSR count). The third kappa shape index (κ3) is 2.91. The summed E-state index contributed by atoms with van der Waals surface area (Å²) in [6, 6.07) is 2.32. The number of hydrogen-bond acceptors (Lipinski definition) is 3. The third-order valence-electron chi connectivity index (χ3n) is 1.88. The van der Waals surface area contributed by atoms with E-state index in [1.807, 2.05) is 22.6 Å². The molecule has 1 aromatic carbocycles. The Kier molecular flexibility index (Phi) is 4.22. The van der Waals surface area contributed by atoms with Crippen molar-refractivity contribution >= 4 is 34.5 Å². The fourth-order valence-corrected chi connectivity index (χ4v) is 1.81. The van der Waals surface area contributed by atoms with Crippen molar-refractivity contribution in [2.24, 2.45) is 0 Å². The quantitative estimate of drug-likeness (QED) is 0.675. The van der Waals surface area contributed by atoms with E-state index in [9.17, 15) is 14.0 Å². The molecule has 0 saturated carbocycles. The van der Waals surface area contributed by atoms with Gasteiger partial charge in [0.25, 0.3) is 0 Å². The van der Waals surface area contributed by atoms with Crippen LogP contribution < -0.4 is 0 Å². The van der Waals surface area contributed by atoms with E-state index >= 15 is 0 Å². The van der Waals surface area contributed by atoms with Gasteiger partial charge >= 0.3 is 11.9 Å². The van der Waals surface area contributed by atoms with Crippen LogP contribution in [-0.4, -0.2) is 24.2 Å². The maximum atomic E-state index is 13.4. The summed E-state index contributed by atoms with van der Waals surface area (Å²) in [5.41, 5.74) is 0.138. The summed E-state index contributed by atoms with van der Waals surface area (Å²) in [4.78, 5) is 21.6. The molecule has 0 unspecified atom stereocenters. The van der Waals surface area contributed by atoms with Crippen LogP contribution in [0.1, 0.15) is 15.9 Å². The number of aliphatic carboxylic acids is 1. The van der Waals surface area contributed by atoms with Crippen molar-refractivity contribution in [2.75, 3.05) is 7.11 Å². The molecule has 0 spiro atoms. The summed E-state index contributed by atoms with van der Waals surface area (Å²) in [5, 5.41) is 8.59. The van der Waals surface area contributed by atoms with Crippen molar-refractivity contribution in [3.8, 4) is 0 Å². The predicted octanol–water partition coefficient (Wildman–Crippen LogP) is 1.84. The molecule has 0 saturated heterocycles. The molecule has 0 aliphatic carbocycles. The topological polar surface area (TPSA) is 63.6 Å². The van der Waals surface area contributed by atoms with Crippen molar-refractivity contribution in [3.05, 3.63) is 32.6 Å². The molecule has 0 aromatic heterocycles. The molecule has 0 radical (unpaired) electrons. The van der Waals surface area contributed by atoms with Gasteiger partial charge in [0.2, 0.25) is 0 Å². The molecule has 6 heteroatoms. The lowest BCUT2D eigenvalue weighted by Crippen LogP contribution is -2.08. The first-order valence-electron chi connectivity index (χ1n) is 4.23. The van der Waals surface area contributed by atoms with E-state index in [1.54, 1.807) is 0 Å². The zero-order valence-electron chi connectivity index (χ0n) is 8.29. The van der Waals surface area contributed by atoms with Crippen LogP contribution in [0, 0.1) is 9.39 Å². The molecule has 0 amide bonds. The Bertz CT molecular complexity index is 445. The van der Waals surface area contributed by atoms with Gasteiger partial charge in [-0.05, 0) is 40.3 Å². The van der Waals surface area contributed by atoms with E-state index in [0.29, 0.717) is 9.13 Å². The van der Waals surface area contributed by atoms with Crippen LogP contribution in [0.25, 0.3) is 0 Å². The van der Waals surface area contributed by atoms with Crippen LogP contribution in [0.2, 0.25) is 0 Å². The Labute approximate surface area is 105 Å². The highest BCUT2D eigenvalue weighted by molar-refractivity contribution is 14.1. The number of ether oxygens (including phenoxy) is 1. The smallest absolute Gasteiger partial charge is 0.340 e. The van der Waals surface area contributed by atoms with Gasteiger partial charge < -0.3 is 9.84 Å². The van der Waals surface area contributed by atoms with E-state index < -0.39 is 17.8 Å². The van der Waals surface area contributed by atoms with E-state index in [0.717, 1.165) is 13.2 Å². The van der Waals surface area contributed by atoms with Crippen molar-refractivity contribution in [3.63, 3.8) is 0 Å². The molecule has 0 bridgehead atoms. The number of carbonyl (C=O) groups excluding carboxylic acids is 1. The number of carboxylic acids is 1. The van der Waals surface area contributed by atoms with Gasteiger partial charge in [-0.25, -0.2) is 9.18 Å². The second-order valence-electron chi connectivity index (χ2n) is 2.99. The second-order valence-corrected chi connectivity index (χ2v) is 4.15. The molecular formula is C10H8FIO4. The molecule has 16 heavy (non-hydrogen) atoms. The third-order valence-corrected chi connectivity index (χ3v) is 2.89. The summed E-state index contributed by atoms with van der Waals surface area (Å²) in [5.74, 6) is -2.61. The Hall–Kier alpha value is -1.18. The first kappa shape index (κ1) is 12.9. The first-order chi connectivity index (χ1) is 7.45. The molecule has 1 aromatic rings. The fourth-order valence-electron chi connectivity index (χ4n) is 1.15. The number of rotatable bonds is 3. The van der Waals surface area contributed by atoms with Gasteiger partial charge in [0.05, 0.1) is 19.1 Å². The van der Waals surface area contributed by atoms with Crippen molar-refractivity contribution in [1.29, 1.82) is 0 Å². The van der Waals surface area contributed by atoms with Crippen molar-refractivity contribution < 1.29 is 23.8 Å². The number of hydrogen-bond donors (Lipinski definition) is 1. The average molecular weight is 338 g/mol. The Morgan fingerprint density at radius 3 is 2.62 bits per heavy atom. The normalized spacial score (nSPS) is 9.94. The van der Waals surface area contributed by atoms with Gasteiger partial charge in [-0.15, -0.1) is 0 Å². The zero-order valence-corrected chi connectivity index (χ0v) is 10.4. The lowest BCUT2D eigenvalue weighted by Gasteiger charge is -2.06. The summed E-state index contributed by atoms with van der Waals surface area (Å²) in [6.07, 6.45) is -0.281. The van der Waals surface area contributed by atoms with E-state index in [-0.39, 0.29) is 12.0 Å². The standard InChI is InChI=1S/C10H8FIO4/c1-16-10(15)6-4-8(12)5(2-7(6)11)3-9(13)14/h2,4H,3H2,1H3,(H,13,14). The fraction of sp³-hybridized carbons (Fsp3) is 0.200. The van der Waals surface area contributed by atoms with Gasteiger partial charge in [0, 0.05) is 3.57 Å². The molecule has 0 aliphatic rings. The predicted molar refractivity (Wildman–Crippen MR) is 61.8 cm³/mol. The highest BCUT2D eigenvalue weighted by atomic mass is 127. The van der Waals surface area contributed by atoms with Crippen molar-refractivity contribution in [2.45, 2.75) is 6.42 Å². The zero-order chi connectivity index (χ0) is 12.3. The maximum absolute atomic E-state index is 13.4. The molecule has 86 valence electrons. The lowest BCUT2D eigenvalue weighted by molar-refractivity contribution is -0.136. The minimum Gasteiger partial charge on any atom is -0.481 e. The maximum Gasteiger partial charge on any atom is 0.340 e. The monoisotopic (exact) mass is 338 g/mol. The Morgan fingerprint density at radius 2 is 2.12 bits per heavy atom. The van der Waals surface area contributed by atoms with Gasteiger partial charge in [-0.1, -0.05) is 0 Å². The number of methoxy groups -OCH3 is 1. The SMILES string of the molecule is COC(=O)c1cc(I)c(CC(=O)O)cc1F. The molecule has 0 fully saturated rings. The second kappa shape index (κ2) is 5.24. The van der Waals surface area contributed by atoms with Crippen molar-refractivity contribution in [1.82, 2.24) is 0 Å². The van der Waals surface area contributed by atoms with Crippen LogP contribution >= 0.6 is 22.6 Å². The minimum absolute atomic E-state index is 0.193. The largest absolute Gasteiger partial charge is 0.481 e. The first-order valence-corrected chi connectivity index (χ1v) is 5.31. The minimum atomic E-state index is -1.05. The number of carboxylic acid groups (broad SMARTS) is 1. The summed E-state index contributed by atoms with van der Waals surface area (Å²) >= 11 is 1.85. The molecule has 0 heterocycles. The number of esters is 1. The van der Waals surface area contributed by atoms with Gasteiger partial charge in [0.1, 0.15) is 5.82 Å². The summed E-state index contributed by atoms with van der Waals surface area (Å²) in [7, 11) is 1.15. The number of benzene rings is 1. The van der Waals surface area contributed by atoms with Crippen LogP contribution in [0.3, 0.4) is 0 Å². The molecular weight excluding hydrogens is 330 g/mol. The van der Waals surface area contributed by atoms with Gasteiger partial charge in [-0.2, -0.15) is 0 Å². The van der Waals surface area contributed by atoms with Crippen LogP contribution in [0.4, 0.5) is 4.39 Å². The van der Waals surface area contributed by atoms with E-state index in [1.165, 1.54) is 6.07 Å². The van der Waals surface area contributed by atoms with Crippen LogP contribution in [0.5, 0.6) is 0 Å². The highest BCUT2D eigenvalue weighted by Gasteiger charge is 2.16. The van der Waals surface area contributed by atoms with Crippen LogP contribution in [0.15, 0.2) is 12.1 Å². The van der Waals surface area contributed by atoms with Crippen LogP contribution in [-0.2, 0) is 16.0 Å². The number of carbonyl (C=O) groups is 2. The number of halogens is 2. The molecule has 0 aliphatic heterocycles. The molecule has 1 N–H and O–H groups in total. The van der Waals surface area contributed by atoms with E-state index in [2.05, 4.69) is 4.74 Å². The average Bonchev–Trinajstić information content (AvgIpc) is 2.21. The molecule has 0 atom stereocenters. The summed E-state index contributed by atoms with van der Waals surface area (Å²) in [6.45, 7) is 0. The lowest BCUT2D eigenvalue weighted by atomic mass is 10.1.